The maximum atomic E-state index is 11.7. The largest absolute Gasteiger partial charge is 0.456 e. The summed E-state index contributed by atoms with van der Waals surface area (Å²) in [4.78, 5) is 23.3. The second-order valence-corrected chi connectivity index (χ2v) is 7.05. The molecule has 0 N–H and O–H groups in total. The lowest BCUT2D eigenvalue weighted by Crippen LogP contribution is -2.47. The first kappa shape index (κ1) is 16.9. The molecule has 6 nitrogen and oxygen atoms in total. The van der Waals surface area contributed by atoms with Gasteiger partial charge in [-0.25, -0.2) is 0 Å². The van der Waals surface area contributed by atoms with E-state index in [9.17, 15) is 9.59 Å². The molecule has 120 valence electrons. The van der Waals surface area contributed by atoms with E-state index in [2.05, 4.69) is 25.3 Å². The highest BCUT2D eigenvalue weighted by Gasteiger charge is 2.60. The Hall–Kier alpha value is -0.440. The zero-order valence-electron chi connectivity index (χ0n) is 12.1. The first-order valence-corrected chi connectivity index (χ1v) is 7.81. The second kappa shape index (κ2) is 6.36. The van der Waals surface area contributed by atoms with Gasteiger partial charge in [0, 0.05) is 0 Å². The molecule has 6 unspecified atom stereocenters. The van der Waals surface area contributed by atoms with E-state index in [1.807, 2.05) is 0 Å². The minimum Gasteiger partial charge on any atom is -0.456 e. The zero-order chi connectivity index (χ0) is 15.8. The molecule has 0 bridgehead atoms. The Labute approximate surface area is 134 Å². The summed E-state index contributed by atoms with van der Waals surface area (Å²) in [6.45, 7) is 5.48. The average Bonchev–Trinajstić information content (AvgIpc) is 2.87. The molecule has 0 radical (unpaired) electrons. The number of fused-ring (bicyclic) bond motifs is 1. The van der Waals surface area contributed by atoms with Crippen LogP contribution in [0.4, 0.5) is 0 Å². The van der Waals surface area contributed by atoms with Crippen LogP contribution in [0, 0.1) is 0 Å². The van der Waals surface area contributed by atoms with Gasteiger partial charge >= 0.3 is 11.9 Å². The Morgan fingerprint density at radius 3 is 2.29 bits per heavy atom. The Bertz CT molecular complexity index is 427. The van der Waals surface area contributed by atoms with E-state index in [4.69, 9.17) is 18.9 Å². The first-order valence-electron chi connectivity index (χ1n) is 6.78. The molecule has 8 heteroatoms. The highest BCUT2D eigenvalue weighted by Crippen LogP contribution is 2.40. The third-order valence-corrected chi connectivity index (χ3v) is 4.16. The molecule has 2 heterocycles. The van der Waals surface area contributed by atoms with Crippen LogP contribution in [0.25, 0.3) is 0 Å². The number of rotatable bonds is 4. The number of thiol groups is 2. The molecule has 0 aromatic carbocycles. The van der Waals surface area contributed by atoms with Crippen LogP contribution < -0.4 is 0 Å². The van der Waals surface area contributed by atoms with Crippen molar-refractivity contribution in [1.29, 1.82) is 0 Å². The van der Waals surface area contributed by atoms with Gasteiger partial charge in [-0.3, -0.25) is 9.59 Å². The highest BCUT2D eigenvalue weighted by atomic mass is 32.1. The van der Waals surface area contributed by atoms with E-state index < -0.39 is 46.4 Å². The molecule has 0 saturated carbocycles. The van der Waals surface area contributed by atoms with Gasteiger partial charge in [-0.15, -0.1) is 0 Å². The monoisotopic (exact) mass is 336 g/mol. The van der Waals surface area contributed by atoms with Gasteiger partial charge in [0.2, 0.25) is 0 Å². The van der Waals surface area contributed by atoms with Crippen LogP contribution in [0.1, 0.15) is 20.8 Å². The average molecular weight is 336 g/mol. The third-order valence-electron chi connectivity index (χ3n) is 3.74. The molecular weight excluding hydrogens is 316 g/mol. The van der Waals surface area contributed by atoms with Crippen LogP contribution in [0.15, 0.2) is 0 Å². The molecule has 21 heavy (non-hydrogen) atoms. The summed E-state index contributed by atoms with van der Waals surface area (Å²) in [5.74, 6) is -0.856. The Morgan fingerprint density at radius 2 is 1.71 bits per heavy atom. The van der Waals surface area contributed by atoms with Gasteiger partial charge in [0.15, 0.2) is 12.2 Å². The molecule has 2 rings (SSSR count). The fourth-order valence-electron chi connectivity index (χ4n) is 2.44. The lowest BCUT2D eigenvalue weighted by Gasteiger charge is -2.28. The first-order chi connectivity index (χ1) is 9.75. The van der Waals surface area contributed by atoms with Gasteiger partial charge in [0.05, 0.1) is 23.7 Å². The summed E-state index contributed by atoms with van der Waals surface area (Å²) in [5, 5.41) is -1.04. The van der Waals surface area contributed by atoms with Crippen LogP contribution in [-0.4, -0.2) is 59.6 Å². The van der Waals surface area contributed by atoms with Crippen molar-refractivity contribution >= 4 is 37.2 Å². The molecule has 2 aliphatic heterocycles. The van der Waals surface area contributed by atoms with Crippen molar-refractivity contribution in [3.63, 3.8) is 0 Å². The van der Waals surface area contributed by atoms with Crippen molar-refractivity contribution in [2.45, 2.75) is 55.2 Å². The number of carbonyl (C=O) groups is 2. The maximum absolute atomic E-state index is 11.7. The molecule has 6 atom stereocenters. The van der Waals surface area contributed by atoms with Crippen LogP contribution in [0.2, 0.25) is 0 Å². The van der Waals surface area contributed by atoms with E-state index in [1.165, 1.54) is 0 Å². The Morgan fingerprint density at radius 1 is 1.14 bits per heavy atom. The quantitative estimate of drug-likeness (QED) is 0.580. The van der Waals surface area contributed by atoms with Crippen LogP contribution in [0.5, 0.6) is 0 Å². The number of hydrogen-bond acceptors (Lipinski definition) is 8. The van der Waals surface area contributed by atoms with Gasteiger partial charge in [-0.05, 0) is 20.8 Å². The normalized spacial score (nSPS) is 37.7. The van der Waals surface area contributed by atoms with Crippen molar-refractivity contribution in [3.8, 4) is 0 Å². The van der Waals surface area contributed by atoms with Crippen molar-refractivity contribution < 1.29 is 28.5 Å². The maximum Gasteiger partial charge on any atom is 0.318 e. The van der Waals surface area contributed by atoms with Crippen molar-refractivity contribution in [2.75, 3.05) is 13.2 Å². The molecule has 0 aliphatic carbocycles. The fraction of sp³-hybridized carbons (Fsp3) is 0.846. The minimum absolute atomic E-state index is 0.206. The lowest BCUT2D eigenvalue weighted by molar-refractivity contribution is -0.159. The lowest BCUT2D eigenvalue weighted by atomic mass is 9.94. The number of esters is 2. The fourth-order valence-corrected chi connectivity index (χ4v) is 2.56. The zero-order valence-corrected chi connectivity index (χ0v) is 13.9. The molecule has 2 aliphatic rings. The third kappa shape index (κ3) is 3.33. The summed E-state index contributed by atoms with van der Waals surface area (Å²) >= 11 is 8.08. The van der Waals surface area contributed by atoms with Gasteiger partial charge in [-0.2, -0.15) is 25.3 Å². The van der Waals surface area contributed by atoms with Crippen molar-refractivity contribution in [3.05, 3.63) is 0 Å². The number of carbonyl (C=O) groups excluding carboxylic acids is 2. The van der Waals surface area contributed by atoms with Crippen LogP contribution >= 0.6 is 25.3 Å². The summed E-state index contributed by atoms with van der Waals surface area (Å²) in [5.41, 5.74) is -0.816. The second-order valence-electron chi connectivity index (χ2n) is 5.50. The summed E-state index contributed by atoms with van der Waals surface area (Å²) < 4.78 is 22.1. The molecule has 0 aromatic heterocycles. The molecule has 0 spiro atoms. The molecular formula is C13H20O6S2. The van der Waals surface area contributed by atoms with E-state index in [0.717, 1.165) is 0 Å². The van der Waals surface area contributed by atoms with Gasteiger partial charge in [-0.1, -0.05) is 0 Å². The van der Waals surface area contributed by atoms with Gasteiger partial charge < -0.3 is 18.9 Å². The molecule has 0 aromatic rings. The predicted octanol–water partition coefficient (Wildman–Crippen LogP) is 0.634. The summed E-state index contributed by atoms with van der Waals surface area (Å²) in [6, 6.07) is 0. The topological polar surface area (TPSA) is 71.1 Å². The minimum atomic E-state index is -0.816. The Kier molecular flexibility index (Phi) is 5.12. The molecule has 2 saturated heterocycles. The Balaban J connectivity index is 2.02. The van der Waals surface area contributed by atoms with E-state index in [1.54, 1.807) is 20.8 Å². The van der Waals surface area contributed by atoms with Crippen molar-refractivity contribution in [1.82, 2.24) is 0 Å². The highest BCUT2D eigenvalue weighted by molar-refractivity contribution is 7.81. The number of ether oxygens (including phenoxy) is 4. The SMILES string of the molecule is CC(S)C(=O)OC1COC2(C)C(OC(=O)C(C)S)COC12. The van der Waals surface area contributed by atoms with E-state index in [0.29, 0.717) is 0 Å². The number of hydrogen-bond donors (Lipinski definition) is 2. The molecule has 0 amide bonds. The summed E-state index contributed by atoms with van der Waals surface area (Å²) in [6.07, 6.45) is -1.52. The van der Waals surface area contributed by atoms with Crippen LogP contribution in [-0.2, 0) is 28.5 Å². The van der Waals surface area contributed by atoms with Gasteiger partial charge in [0.25, 0.3) is 0 Å². The van der Waals surface area contributed by atoms with Gasteiger partial charge in [0.1, 0.15) is 11.7 Å². The predicted molar refractivity (Wildman–Crippen MR) is 80.8 cm³/mol. The molecule has 2 fully saturated rings. The van der Waals surface area contributed by atoms with E-state index >= 15 is 0 Å². The standard InChI is InChI=1S/C13H20O6S2/c1-6(20)11(14)18-8-4-17-13(3)9(5-16-10(8)13)19-12(15)7(2)21/h6-10,20-21H,4-5H2,1-3H3. The van der Waals surface area contributed by atoms with Crippen molar-refractivity contribution in [2.24, 2.45) is 0 Å². The van der Waals surface area contributed by atoms with E-state index in [-0.39, 0.29) is 13.2 Å². The smallest absolute Gasteiger partial charge is 0.318 e. The summed E-state index contributed by atoms with van der Waals surface area (Å²) in [7, 11) is 0. The van der Waals surface area contributed by atoms with Crippen LogP contribution in [0.3, 0.4) is 0 Å².